The number of carbonyl (C=O) groups excluding carboxylic acids is 1. The van der Waals surface area contributed by atoms with Crippen LogP contribution in [0.15, 0.2) is 47.6 Å². The molecule has 0 spiro atoms. The van der Waals surface area contributed by atoms with Gasteiger partial charge in [0.2, 0.25) is 6.79 Å². The van der Waals surface area contributed by atoms with Crippen molar-refractivity contribution in [3.05, 3.63) is 53.6 Å². The Labute approximate surface area is 152 Å². The van der Waals surface area contributed by atoms with E-state index in [-0.39, 0.29) is 19.3 Å². The molecule has 1 heterocycles. The zero-order valence-corrected chi connectivity index (χ0v) is 15.0. The molecule has 6 nitrogen and oxygen atoms in total. The van der Waals surface area contributed by atoms with Gasteiger partial charge in [-0.3, -0.25) is 4.79 Å². The first-order valence-corrected chi connectivity index (χ1v) is 8.50. The van der Waals surface area contributed by atoms with Gasteiger partial charge in [-0.25, -0.2) is 5.43 Å². The first kappa shape index (κ1) is 17.8. The summed E-state index contributed by atoms with van der Waals surface area (Å²) in [4.78, 5) is 11.8. The van der Waals surface area contributed by atoms with Gasteiger partial charge >= 0.3 is 0 Å². The molecular weight excluding hydrogens is 332 g/mol. The van der Waals surface area contributed by atoms with Crippen LogP contribution in [0, 0.1) is 6.92 Å². The van der Waals surface area contributed by atoms with Crippen LogP contribution in [0.3, 0.4) is 0 Å². The van der Waals surface area contributed by atoms with Gasteiger partial charge in [0.1, 0.15) is 5.75 Å². The Morgan fingerprint density at radius 2 is 2.04 bits per heavy atom. The van der Waals surface area contributed by atoms with Crippen molar-refractivity contribution < 1.29 is 19.0 Å². The average molecular weight is 354 g/mol. The largest absolute Gasteiger partial charge is 0.484 e. The van der Waals surface area contributed by atoms with Crippen LogP contribution in [0.4, 0.5) is 0 Å². The van der Waals surface area contributed by atoms with Gasteiger partial charge in [-0.15, -0.1) is 0 Å². The summed E-state index contributed by atoms with van der Waals surface area (Å²) in [6.45, 7) is 4.06. The van der Waals surface area contributed by atoms with Gasteiger partial charge in [0, 0.05) is 5.71 Å². The van der Waals surface area contributed by atoms with E-state index in [0.29, 0.717) is 5.75 Å². The maximum absolute atomic E-state index is 11.8. The highest BCUT2D eigenvalue weighted by molar-refractivity contribution is 5.85. The molecule has 0 bridgehead atoms. The molecule has 1 N–H and O–H groups in total. The van der Waals surface area contributed by atoms with Gasteiger partial charge in [0.25, 0.3) is 5.91 Å². The number of rotatable bonds is 7. The van der Waals surface area contributed by atoms with E-state index in [1.54, 1.807) is 0 Å². The van der Waals surface area contributed by atoms with Gasteiger partial charge < -0.3 is 14.2 Å². The lowest BCUT2D eigenvalue weighted by molar-refractivity contribution is -0.123. The number of hydrogen-bond acceptors (Lipinski definition) is 5. The Morgan fingerprint density at radius 3 is 2.88 bits per heavy atom. The third-order valence-corrected chi connectivity index (χ3v) is 3.94. The Kier molecular flexibility index (Phi) is 5.73. The summed E-state index contributed by atoms with van der Waals surface area (Å²) in [7, 11) is 0. The van der Waals surface area contributed by atoms with Gasteiger partial charge in [-0.05, 0) is 62.1 Å². The molecular formula is C20H22N2O4. The summed E-state index contributed by atoms with van der Waals surface area (Å²) >= 11 is 0. The lowest BCUT2D eigenvalue weighted by Crippen LogP contribution is -2.25. The van der Waals surface area contributed by atoms with Crippen LogP contribution in [0.1, 0.15) is 24.5 Å². The number of aryl methyl sites for hydroxylation is 2. The van der Waals surface area contributed by atoms with Crippen LogP contribution in [-0.4, -0.2) is 25.0 Å². The van der Waals surface area contributed by atoms with Crippen molar-refractivity contribution in [2.45, 2.75) is 26.7 Å². The Hall–Kier alpha value is -3.02. The van der Waals surface area contributed by atoms with E-state index in [4.69, 9.17) is 14.2 Å². The van der Waals surface area contributed by atoms with E-state index in [2.05, 4.69) is 10.5 Å². The van der Waals surface area contributed by atoms with Gasteiger partial charge in [0.05, 0.1) is 0 Å². The highest BCUT2D eigenvalue weighted by Crippen LogP contribution is 2.32. The van der Waals surface area contributed by atoms with Crippen molar-refractivity contribution in [2.24, 2.45) is 5.10 Å². The van der Waals surface area contributed by atoms with E-state index < -0.39 is 0 Å². The molecule has 0 aromatic heterocycles. The number of ether oxygens (including phenoxy) is 3. The fourth-order valence-corrected chi connectivity index (χ4v) is 2.52. The second-order valence-corrected chi connectivity index (χ2v) is 6.17. The third-order valence-electron chi connectivity index (χ3n) is 3.94. The van der Waals surface area contributed by atoms with Crippen LogP contribution in [-0.2, 0) is 11.2 Å². The summed E-state index contributed by atoms with van der Waals surface area (Å²) < 4.78 is 16.1. The monoisotopic (exact) mass is 354 g/mol. The number of hydrazone groups is 1. The minimum atomic E-state index is -0.283. The number of hydrogen-bond donors (Lipinski definition) is 1. The van der Waals surface area contributed by atoms with Crippen LogP contribution < -0.4 is 19.6 Å². The summed E-state index contributed by atoms with van der Waals surface area (Å²) in [5, 5.41) is 4.12. The third kappa shape index (κ3) is 4.99. The first-order valence-electron chi connectivity index (χ1n) is 8.50. The summed E-state index contributed by atoms with van der Waals surface area (Å²) in [5.41, 5.74) is 5.58. The number of nitrogens with zero attached hydrogens (tertiary/aromatic N) is 1. The number of carbonyl (C=O) groups is 1. The molecule has 1 aliphatic heterocycles. The molecule has 0 fully saturated rings. The molecule has 2 aromatic carbocycles. The maximum Gasteiger partial charge on any atom is 0.277 e. The van der Waals surface area contributed by atoms with E-state index in [1.807, 2.05) is 56.3 Å². The van der Waals surface area contributed by atoms with Crippen LogP contribution in [0.25, 0.3) is 0 Å². The van der Waals surface area contributed by atoms with E-state index in [1.165, 1.54) is 0 Å². The van der Waals surface area contributed by atoms with Crippen LogP contribution >= 0.6 is 0 Å². The van der Waals surface area contributed by atoms with Crippen molar-refractivity contribution in [1.82, 2.24) is 5.43 Å². The van der Waals surface area contributed by atoms with Crippen LogP contribution in [0.2, 0.25) is 0 Å². The van der Waals surface area contributed by atoms with Gasteiger partial charge in [-0.1, -0.05) is 18.2 Å². The topological polar surface area (TPSA) is 69.2 Å². The summed E-state index contributed by atoms with van der Waals surface area (Å²) in [5.74, 6) is 1.94. The second-order valence-electron chi connectivity index (χ2n) is 6.17. The molecule has 0 saturated heterocycles. The molecule has 136 valence electrons. The first-order chi connectivity index (χ1) is 12.6. The molecule has 0 aliphatic carbocycles. The molecule has 2 aromatic rings. The molecule has 3 rings (SSSR count). The standard InChI is InChI=1S/C20H22N2O4/c1-14-4-3-5-17(10-14)24-12-20(23)22-21-15(2)6-7-16-8-9-18-19(11-16)26-13-25-18/h3-5,8-11H,6-7,12-13H2,1-2H3,(H,22,23)/b21-15-. The van der Waals surface area contributed by atoms with Crippen molar-refractivity contribution >= 4 is 11.6 Å². The zero-order valence-electron chi connectivity index (χ0n) is 15.0. The van der Waals surface area contributed by atoms with Crippen molar-refractivity contribution in [2.75, 3.05) is 13.4 Å². The highest BCUT2D eigenvalue weighted by Gasteiger charge is 2.13. The smallest absolute Gasteiger partial charge is 0.277 e. The van der Waals surface area contributed by atoms with E-state index in [0.717, 1.165) is 41.2 Å². The molecule has 0 unspecified atom stereocenters. The molecule has 0 saturated carbocycles. The number of nitrogens with one attached hydrogen (secondary N) is 1. The van der Waals surface area contributed by atoms with Crippen molar-refractivity contribution in [3.63, 3.8) is 0 Å². The fourth-order valence-electron chi connectivity index (χ4n) is 2.52. The minimum absolute atomic E-state index is 0.0671. The Balaban J connectivity index is 1.42. The fraction of sp³-hybridized carbons (Fsp3) is 0.300. The van der Waals surface area contributed by atoms with Gasteiger partial charge in [0.15, 0.2) is 18.1 Å². The second kappa shape index (κ2) is 8.38. The minimum Gasteiger partial charge on any atom is -0.484 e. The van der Waals surface area contributed by atoms with Crippen molar-refractivity contribution in [3.8, 4) is 17.2 Å². The highest BCUT2D eigenvalue weighted by atomic mass is 16.7. The van der Waals surface area contributed by atoms with E-state index in [9.17, 15) is 4.79 Å². The lowest BCUT2D eigenvalue weighted by atomic mass is 10.1. The summed E-state index contributed by atoms with van der Waals surface area (Å²) in [6.07, 6.45) is 1.54. The maximum atomic E-state index is 11.8. The van der Waals surface area contributed by atoms with Gasteiger partial charge in [-0.2, -0.15) is 5.10 Å². The molecule has 26 heavy (non-hydrogen) atoms. The zero-order chi connectivity index (χ0) is 18.4. The number of benzene rings is 2. The van der Waals surface area contributed by atoms with Crippen molar-refractivity contribution in [1.29, 1.82) is 0 Å². The van der Waals surface area contributed by atoms with Crippen LogP contribution in [0.5, 0.6) is 17.2 Å². The SMILES string of the molecule is C/C(CCc1ccc2c(c1)OCO2)=N/NC(=O)COc1cccc(C)c1. The molecule has 1 aliphatic rings. The summed E-state index contributed by atoms with van der Waals surface area (Å²) in [6, 6.07) is 13.5. The normalized spacial score (nSPS) is 12.8. The number of fused-ring (bicyclic) bond motifs is 1. The Morgan fingerprint density at radius 1 is 1.19 bits per heavy atom. The molecule has 0 radical (unpaired) electrons. The molecule has 1 amide bonds. The lowest BCUT2D eigenvalue weighted by Gasteiger charge is -2.07. The molecule has 0 atom stereocenters. The average Bonchev–Trinajstić information content (AvgIpc) is 3.11. The van der Waals surface area contributed by atoms with E-state index >= 15 is 0 Å². The molecule has 6 heteroatoms. The Bertz CT molecular complexity index is 817. The predicted octanol–water partition coefficient (Wildman–Crippen LogP) is 3.23. The predicted molar refractivity (Wildman–Crippen MR) is 98.8 cm³/mol. The number of amides is 1. The quantitative estimate of drug-likeness (QED) is 0.612.